The van der Waals surface area contributed by atoms with Gasteiger partial charge in [0.1, 0.15) is 5.78 Å². The fraction of sp³-hybridized carbons (Fsp3) is 0.810. The largest absolute Gasteiger partial charge is 0.412 e. The van der Waals surface area contributed by atoms with Gasteiger partial charge in [-0.1, -0.05) is 46.3 Å². The van der Waals surface area contributed by atoms with Gasteiger partial charge in [-0.05, 0) is 32.0 Å². The third-order valence-corrected chi connectivity index (χ3v) is 10.1. The molecule has 0 aromatic carbocycles. The Balaban J connectivity index is 5.73. The molecule has 0 fully saturated rings. The Labute approximate surface area is 172 Å². The van der Waals surface area contributed by atoms with E-state index in [4.69, 9.17) is 9.26 Å². The minimum atomic E-state index is -2.23. The molecular formula is C21H41NO5Si. The van der Waals surface area contributed by atoms with Crippen molar-refractivity contribution >= 4 is 20.0 Å². The van der Waals surface area contributed by atoms with Crippen molar-refractivity contribution in [2.24, 2.45) is 11.8 Å². The molecule has 6 nitrogen and oxygen atoms in total. The van der Waals surface area contributed by atoms with E-state index in [0.29, 0.717) is 0 Å². The van der Waals surface area contributed by atoms with Crippen LogP contribution in [0.25, 0.3) is 0 Å². The Kier molecular flexibility index (Phi) is 10.3. The van der Waals surface area contributed by atoms with Crippen molar-refractivity contribution in [1.29, 1.82) is 0 Å². The smallest absolute Gasteiger partial charge is 0.251 e. The molecule has 0 aliphatic heterocycles. The molecule has 0 aliphatic rings. The van der Waals surface area contributed by atoms with E-state index in [0.717, 1.165) is 5.57 Å². The quantitative estimate of drug-likeness (QED) is 0.332. The van der Waals surface area contributed by atoms with Crippen LogP contribution in [0, 0.1) is 11.8 Å². The topological polar surface area (TPSA) is 76.1 Å². The van der Waals surface area contributed by atoms with Crippen molar-refractivity contribution < 1.29 is 24.0 Å². The van der Waals surface area contributed by atoms with Gasteiger partial charge in [0.2, 0.25) is 0 Å². The van der Waals surface area contributed by atoms with Crippen LogP contribution in [-0.2, 0) is 18.9 Å². The van der Waals surface area contributed by atoms with Crippen LogP contribution in [-0.4, -0.2) is 56.5 Å². The van der Waals surface area contributed by atoms with Crippen molar-refractivity contribution in [3.8, 4) is 0 Å². The third-order valence-electron chi connectivity index (χ3n) is 5.64. The summed E-state index contributed by atoms with van der Waals surface area (Å²) in [4.78, 5) is 30.6. The number of rotatable bonds is 10. The summed E-state index contributed by atoms with van der Waals surface area (Å²) in [6, 6.07) is 0. The van der Waals surface area contributed by atoms with Crippen molar-refractivity contribution in [2.45, 2.75) is 85.2 Å². The molecule has 0 aliphatic carbocycles. The maximum atomic E-state index is 12.9. The summed E-state index contributed by atoms with van der Waals surface area (Å²) in [5.41, 5.74) is 0.951. The van der Waals surface area contributed by atoms with Gasteiger partial charge in [-0.25, -0.2) is 5.06 Å². The maximum absolute atomic E-state index is 12.9. The number of amides is 1. The molecule has 0 heterocycles. The SMILES string of the molecule is CON(C)C(=O)[C@H](C)[C@@H](O[Si](C)(C)C(C)(C)C)[C@@H](C)C(=O)C[C@H](O)C=C(C)C. The van der Waals surface area contributed by atoms with Crippen molar-refractivity contribution in [3.63, 3.8) is 0 Å². The van der Waals surface area contributed by atoms with Gasteiger partial charge in [-0.3, -0.25) is 14.4 Å². The van der Waals surface area contributed by atoms with Crippen LogP contribution in [0.1, 0.15) is 54.9 Å². The van der Waals surface area contributed by atoms with Crippen LogP contribution in [0.2, 0.25) is 18.1 Å². The molecular weight excluding hydrogens is 374 g/mol. The number of carbonyl (C=O) groups is 2. The molecule has 28 heavy (non-hydrogen) atoms. The highest BCUT2D eigenvalue weighted by Crippen LogP contribution is 2.39. The van der Waals surface area contributed by atoms with Gasteiger partial charge in [0.25, 0.3) is 5.91 Å². The summed E-state index contributed by atoms with van der Waals surface area (Å²) < 4.78 is 6.54. The monoisotopic (exact) mass is 415 g/mol. The fourth-order valence-corrected chi connectivity index (χ4v) is 4.13. The molecule has 0 aromatic rings. The van der Waals surface area contributed by atoms with Crippen LogP contribution >= 0.6 is 0 Å². The summed E-state index contributed by atoms with van der Waals surface area (Å²) in [6.07, 6.45) is 0.255. The van der Waals surface area contributed by atoms with E-state index in [1.54, 1.807) is 27.0 Å². The first-order valence-corrected chi connectivity index (χ1v) is 12.8. The number of aliphatic hydroxyl groups excluding tert-OH is 1. The predicted molar refractivity (Wildman–Crippen MR) is 115 cm³/mol. The lowest BCUT2D eigenvalue weighted by Gasteiger charge is -2.42. The molecule has 1 amide bonds. The van der Waals surface area contributed by atoms with E-state index < -0.39 is 32.4 Å². The van der Waals surface area contributed by atoms with Gasteiger partial charge in [-0.15, -0.1) is 0 Å². The minimum Gasteiger partial charge on any atom is -0.412 e. The van der Waals surface area contributed by atoms with Gasteiger partial charge in [0, 0.05) is 19.4 Å². The van der Waals surface area contributed by atoms with E-state index in [9.17, 15) is 14.7 Å². The first kappa shape index (κ1) is 27.0. The lowest BCUT2D eigenvalue weighted by molar-refractivity contribution is -0.177. The summed E-state index contributed by atoms with van der Waals surface area (Å²) in [6.45, 7) is 17.9. The first-order chi connectivity index (χ1) is 12.5. The number of nitrogens with zero attached hydrogens (tertiary/aromatic N) is 1. The standard InChI is InChI=1S/C21H41NO5Si/c1-14(2)12-17(23)13-18(24)15(3)19(16(4)20(25)22(8)26-9)27-28(10,11)21(5,6)7/h12,15-17,19,23H,13H2,1-11H3/t15-,16+,17+,19-/m0/s1. The number of aliphatic hydroxyl groups is 1. The summed E-state index contributed by atoms with van der Waals surface area (Å²) in [5, 5.41) is 11.2. The van der Waals surface area contributed by atoms with Crippen molar-refractivity contribution in [1.82, 2.24) is 5.06 Å². The number of carbonyl (C=O) groups excluding carboxylic acids is 2. The lowest BCUT2D eigenvalue weighted by atomic mass is 9.87. The highest BCUT2D eigenvalue weighted by molar-refractivity contribution is 6.74. The van der Waals surface area contributed by atoms with Crippen molar-refractivity contribution in [3.05, 3.63) is 11.6 Å². The van der Waals surface area contributed by atoms with Gasteiger partial charge in [-0.2, -0.15) is 0 Å². The Morgan fingerprint density at radius 2 is 1.64 bits per heavy atom. The van der Waals surface area contributed by atoms with Crippen LogP contribution in [0.4, 0.5) is 0 Å². The first-order valence-electron chi connectivity index (χ1n) is 9.90. The van der Waals surface area contributed by atoms with Crippen molar-refractivity contribution in [2.75, 3.05) is 14.2 Å². The van der Waals surface area contributed by atoms with Gasteiger partial charge >= 0.3 is 0 Å². The van der Waals surface area contributed by atoms with E-state index >= 15 is 0 Å². The summed E-state index contributed by atoms with van der Waals surface area (Å²) >= 11 is 0. The summed E-state index contributed by atoms with van der Waals surface area (Å²) in [7, 11) is 0.744. The van der Waals surface area contributed by atoms with E-state index in [1.807, 2.05) is 13.8 Å². The zero-order valence-electron chi connectivity index (χ0n) is 19.6. The maximum Gasteiger partial charge on any atom is 0.251 e. The summed E-state index contributed by atoms with van der Waals surface area (Å²) in [5.74, 6) is -1.44. The molecule has 0 spiro atoms. The second kappa shape index (κ2) is 10.7. The second-order valence-electron chi connectivity index (χ2n) is 9.42. The molecule has 0 bridgehead atoms. The average molecular weight is 416 g/mol. The molecule has 0 unspecified atom stereocenters. The molecule has 164 valence electrons. The molecule has 0 rings (SSSR count). The number of hydrogen-bond donors (Lipinski definition) is 1. The zero-order chi connectivity index (χ0) is 22.4. The highest BCUT2D eigenvalue weighted by Gasteiger charge is 2.44. The van der Waals surface area contributed by atoms with Gasteiger partial charge in [0.05, 0.1) is 25.2 Å². The number of allylic oxidation sites excluding steroid dienone is 1. The molecule has 0 aromatic heterocycles. The Hall–Kier alpha value is -1.02. The van der Waals surface area contributed by atoms with Crippen LogP contribution in [0.15, 0.2) is 11.6 Å². The third kappa shape index (κ3) is 7.77. The number of Topliss-reactive ketones (excluding diaryl/α,β-unsaturated/α-hetero) is 1. The fourth-order valence-electron chi connectivity index (χ4n) is 2.69. The van der Waals surface area contributed by atoms with Crippen LogP contribution < -0.4 is 0 Å². The van der Waals surface area contributed by atoms with E-state index in [1.165, 1.54) is 12.2 Å². The minimum absolute atomic E-state index is 0.00470. The normalized spacial score (nSPS) is 16.7. The number of hydrogen-bond acceptors (Lipinski definition) is 5. The van der Waals surface area contributed by atoms with E-state index in [2.05, 4.69) is 33.9 Å². The Bertz CT molecular complexity index is 564. The zero-order valence-corrected chi connectivity index (χ0v) is 20.6. The van der Waals surface area contributed by atoms with Crippen LogP contribution in [0.3, 0.4) is 0 Å². The van der Waals surface area contributed by atoms with Crippen LogP contribution in [0.5, 0.6) is 0 Å². The molecule has 4 atom stereocenters. The molecule has 7 heteroatoms. The average Bonchev–Trinajstić information content (AvgIpc) is 2.55. The Morgan fingerprint density at radius 3 is 2.04 bits per heavy atom. The number of ketones is 1. The van der Waals surface area contributed by atoms with E-state index in [-0.39, 0.29) is 23.1 Å². The van der Waals surface area contributed by atoms with Gasteiger partial charge in [0.15, 0.2) is 8.32 Å². The molecule has 1 N–H and O–H groups in total. The molecule has 0 saturated heterocycles. The van der Waals surface area contributed by atoms with Gasteiger partial charge < -0.3 is 9.53 Å². The number of hydroxylamine groups is 2. The Morgan fingerprint density at radius 1 is 1.14 bits per heavy atom. The molecule has 0 radical (unpaired) electrons. The lowest BCUT2D eigenvalue weighted by Crippen LogP contribution is -2.51. The second-order valence-corrected chi connectivity index (χ2v) is 14.2. The predicted octanol–water partition coefficient (Wildman–Crippen LogP) is 3.96. The highest BCUT2D eigenvalue weighted by atomic mass is 28.4. The molecule has 0 saturated carbocycles.